The van der Waals surface area contributed by atoms with Gasteiger partial charge in [0.1, 0.15) is 36.3 Å². The molecule has 0 aliphatic carbocycles. The fourth-order valence-corrected chi connectivity index (χ4v) is 7.67. The SMILES string of the molecule is C[C@H](NC(=O)[C@H](CCCNC(=N)N)NC(=O)[C@H](Cc1ccc2ccccc2c1)NC(=O)[C@@H]1CCCCN1C(=O)[C@@H](CC(=O)O)NC(=O)CN(C)C(=O)[C@@H]1CCCN1)C(=O)N[C@H](C)C(=O)O. The monoisotopic (exact) mass is 907 g/mol. The molecular weight excluding hydrogens is 847 g/mol. The van der Waals surface area contributed by atoms with Gasteiger partial charge >= 0.3 is 11.9 Å². The number of aliphatic carboxylic acids is 2. The largest absolute Gasteiger partial charge is 0.481 e. The minimum atomic E-state index is -1.59. The average Bonchev–Trinajstić information content (AvgIpc) is 3.81. The van der Waals surface area contributed by atoms with E-state index in [1.54, 1.807) is 6.07 Å². The van der Waals surface area contributed by atoms with Gasteiger partial charge in [-0.3, -0.25) is 48.6 Å². The third-order valence-electron chi connectivity index (χ3n) is 11.2. The lowest BCUT2D eigenvalue weighted by atomic mass is 9.97. The van der Waals surface area contributed by atoms with E-state index in [-0.39, 0.29) is 50.6 Å². The van der Waals surface area contributed by atoms with Crippen molar-refractivity contribution in [3.8, 4) is 0 Å². The quantitative estimate of drug-likeness (QED) is 0.0355. The highest BCUT2D eigenvalue weighted by atomic mass is 16.4. The zero-order valence-electron chi connectivity index (χ0n) is 36.8. The molecule has 0 bridgehead atoms. The third-order valence-corrected chi connectivity index (χ3v) is 11.2. The van der Waals surface area contributed by atoms with Crippen LogP contribution in [0.2, 0.25) is 0 Å². The lowest BCUT2D eigenvalue weighted by Gasteiger charge is -2.37. The molecule has 0 radical (unpaired) electrons. The van der Waals surface area contributed by atoms with Gasteiger partial charge in [-0.15, -0.1) is 0 Å². The second kappa shape index (κ2) is 24.3. The molecule has 22 heteroatoms. The second-order valence-corrected chi connectivity index (χ2v) is 16.4. The van der Waals surface area contributed by atoms with E-state index in [9.17, 15) is 53.4 Å². The van der Waals surface area contributed by atoms with Gasteiger partial charge in [0.2, 0.25) is 41.4 Å². The number of benzene rings is 2. The van der Waals surface area contributed by atoms with E-state index >= 15 is 0 Å². The van der Waals surface area contributed by atoms with Gasteiger partial charge in [0.15, 0.2) is 5.96 Å². The fraction of sp³-hybridized carbons (Fsp3) is 0.535. The van der Waals surface area contributed by atoms with Gasteiger partial charge in [0.25, 0.3) is 0 Å². The van der Waals surface area contributed by atoms with Crippen LogP contribution in [0.15, 0.2) is 42.5 Å². The summed E-state index contributed by atoms with van der Waals surface area (Å²) in [6.45, 7) is 2.96. The molecule has 0 aromatic heterocycles. The van der Waals surface area contributed by atoms with Crippen LogP contribution in [0, 0.1) is 5.41 Å². The highest BCUT2D eigenvalue weighted by Gasteiger charge is 2.39. The van der Waals surface area contributed by atoms with E-state index in [0.29, 0.717) is 31.4 Å². The Kier molecular flexibility index (Phi) is 19.0. The van der Waals surface area contributed by atoms with E-state index in [2.05, 4.69) is 37.2 Å². The van der Waals surface area contributed by atoms with Crippen molar-refractivity contribution < 1.29 is 53.4 Å². The van der Waals surface area contributed by atoms with Crippen molar-refractivity contribution in [1.82, 2.24) is 47.0 Å². The van der Waals surface area contributed by atoms with Gasteiger partial charge in [0.05, 0.1) is 19.0 Å². The number of likely N-dealkylation sites (tertiary alicyclic amines) is 1. The molecule has 2 aliphatic rings. The predicted octanol–water partition coefficient (Wildman–Crippen LogP) is -1.74. The number of nitrogens with one attached hydrogen (secondary N) is 8. The first-order valence-corrected chi connectivity index (χ1v) is 21.6. The van der Waals surface area contributed by atoms with Crippen LogP contribution >= 0.6 is 0 Å². The number of amides is 7. The molecule has 2 saturated heterocycles. The summed E-state index contributed by atoms with van der Waals surface area (Å²) < 4.78 is 0. The molecule has 2 fully saturated rings. The van der Waals surface area contributed by atoms with E-state index in [0.717, 1.165) is 17.2 Å². The first-order valence-electron chi connectivity index (χ1n) is 21.6. The molecule has 4 rings (SSSR count). The van der Waals surface area contributed by atoms with Crippen LogP contribution in [0.25, 0.3) is 10.8 Å². The Morgan fingerprint density at radius 3 is 2.18 bits per heavy atom. The Hall–Kier alpha value is -6.84. The number of likely N-dealkylation sites (N-methyl/N-ethyl adjacent to an activating group) is 1. The summed E-state index contributed by atoms with van der Waals surface area (Å²) in [6, 6.07) is 4.54. The van der Waals surface area contributed by atoms with Crippen LogP contribution in [0.1, 0.15) is 70.8 Å². The molecule has 7 atom stereocenters. The summed E-state index contributed by atoms with van der Waals surface area (Å²) in [6.07, 6.45) is 1.75. The molecular formula is C43H61N11O11. The zero-order valence-corrected chi connectivity index (χ0v) is 36.8. The number of carbonyl (C=O) groups excluding carboxylic acids is 7. The molecule has 0 spiro atoms. The Labute approximate surface area is 376 Å². The number of carbonyl (C=O) groups is 9. The molecule has 7 amide bonds. The van der Waals surface area contributed by atoms with E-state index in [1.165, 1.54) is 30.7 Å². The van der Waals surface area contributed by atoms with Crippen LogP contribution < -0.4 is 43.0 Å². The molecule has 2 aliphatic heterocycles. The minimum absolute atomic E-state index is 0.0304. The molecule has 2 aromatic carbocycles. The predicted molar refractivity (Wildman–Crippen MR) is 236 cm³/mol. The molecule has 65 heavy (non-hydrogen) atoms. The van der Waals surface area contributed by atoms with E-state index in [1.807, 2.05) is 36.4 Å². The standard InChI is InChI=1S/C43H61N11O11/c1-24(36(58)49-25(2)42(64)65)48-37(59)29(12-8-18-47-43(44)45)51-38(60)31(21-26-15-16-27-10-4-5-11-28(27)20-26)52-39(61)33-14-6-7-19-54(33)41(63)32(22-35(56)57)50-34(55)23-53(3)40(62)30-13-9-17-46-30/h4-5,10-11,15-16,20,24-25,29-33,46H,6-9,12-14,17-19,21-23H2,1-3H3,(H,48,59)(H,49,58)(H,50,55)(H,51,60)(H,52,61)(H,56,57)(H,64,65)(H4,44,45,47)/t24-,25+,29-,30-,31-,32+,33-/m0/s1. The summed E-state index contributed by atoms with van der Waals surface area (Å²) in [7, 11) is 1.43. The lowest BCUT2D eigenvalue weighted by molar-refractivity contribution is -0.149. The highest BCUT2D eigenvalue weighted by molar-refractivity contribution is 5.98. The molecule has 354 valence electrons. The van der Waals surface area contributed by atoms with Crippen LogP contribution in [-0.4, -0.2) is 155 Å². The Bertz CT molecular complexity index is 2100. The maximum Gasteiger partial charge on any atom is 0.325 e. The van der Waals surface area contributed by atoms with Gasteiger partial charge in [-0.25, -0.2) is 0 Å². The van der Waals surface area contributed by atoms with Crippen LogP contribution in [0.4, 0.5) is 0 Å². The van der Waals surface area contributed by atoms with Crippen LogP contribution in [0.3, 0.4) is 0 Å². The second-order valence-electron chi connectivity index (χ2n) is 16.4. The first kappa shape index (κ1) is 50.8. The normalized spacial score (nSPS) is 18.1. The topological polar surface area (TPSA) is 335 Å². The van der Waals surface area contributed by atoms with Crippen LogP contribution in [-0.2, 0) is 49.6 Å². The summed E-state index contributed by atoms with van der Waals surface area (Å²) in [5.41, 5.74) is 6.04. The molecule has 0 saturated carbocycles. The molecule has 2 aromatic rings. The zero-order chi connectivity index (χ0) is 47.8. The summed E-state index contributed by atoms with van der Waals surface area (Å²) in [4.78, 5) is 121. The van der Waals surface area contributed by atoms with Crippen molar-refractivity contribution in [1.29, 1.82) is 5.41 Å². The summed E-state index contributed by atoms with van der Waals surface area (Å²) in [5.74, 6) is -8.11. The minimum Gasteiger partial charge on any atom is -0.481 e. The maximum absolute atomic E-state index is 14.4. The molecule has 0 unspecified atom stereocenters. The van der Waals surface area contributed by atoms with Crippen molar-refractivity contribution in [2.75, 3.05) is 33.2 Å². The van der Waals surface area contributed by atoms with Gasteiger partial charge < -0.3 is 63.0 Å². The fourth-order valence-electron chi connectivity index (χ4n) is 7.67. The Morgan fingerprint density at radius 1 is 0.831 bits per heavy atom. The van der Waals surface area contributed by atoms with Gasteiger partial charge in [-0.05, 0) is 81.7 Å². The molecule has 2 heterocycles. The summed E-state index contributed by atoms with van der Waals surface area (Å²) in [5, 5.41) is 46.5. The Morgan fingerprint density at radius 2 is 1.52 bits per heavy atom. The first-order chi connectivity index (χ1) is 30.8. The van der Waals surface area contributed by atoms with Crippen LogP contribution in [0.5, 0.6) is 0 Å². The van der Waals surface area contributed by atoms with Gasteiger partial charge in [0, 0.05) is 26.6 Å². The van der Waals surface area contributed by atoms with Crippen molar-refractivity contribution in [3.05, 3.63) is 48.0 Å². The van der Waals surface area contributed by atoms with Gasteiger partial charge in [-0.2, -0.15) is 0 Å². The lowest BCUT2D eigenvalue weighted by Crippen LogP contribution is -2.61. The number of fused-ring (bicyclic) bond motifs is 1. The number of nitrogens with zero attached hydrogens (tertiary/aromatic N) is 2. The summed E-state index contributed by atoms with van der Waals surface area (Å²) >= 11 is 0. The number of rotatable bonds is 22. The molecule has 12 N–H and O–H groups in total. The number of carboxylic acid groups (broad SMARTS) is 2. The maximum atomic E-state index is 14.4. The van der Waals surface area contributed by atoms with E-state index < -0.39 is 103 Å². The third kappa shape index (κ3) is 15.4. The number of hydrogen-bond donors (Lipinski definition) is 11. The van der Waals surface area contributed by atoms with Crippen molar-refractivity contribution in [2.24, 2.45) is 5.73 Å². The number of nitrogens with two attached hydrogens (primary N) is 1. The smallest absolute Gasteiger partial charge is 0.325 e. The number of hydrogen-bond acceptors (Lipinski definition) is 11. The number of guanidine groups is 1. The number of piperidine rings is 1. The van der Waals surface area contributed by atoms with Crippen molar-refractivity contribution >= 4 is 70.0 Å². The average molecular weight is 908 g/mol. The van der Waals surface area contributed by atoms with E-state index in [4.69, 9.17) is 11.1 Å². The Balaban J connectivity index is 1.58. The van der Waals surface area contributed by atoms with Gasteiger partial charge in [-0.1, -0.05) is 42.5 Å². The number of carboxylic acids is 2. The molecule has 22 nitrogen and oxygen atoms in total. The van der Waals surface area contributed by atoms with Crippen molar-refractivity contribution in [3.63, 3.8) is 0 Å². The van der Waals surface area contributed by atoms with Crippen molar-refractivity contribution in [2.45, 2.75) is 114 Å². The highest BCUT2D eigenvalue weighted by Crippen LogP contribution is 2.21.